The number of nitrogens with zero attached hydrogens (tertiary/aromatic N) is 2. The molecule has 2 fully saturated rings. The largest absolute Gasteiger partial charge is 0.445 e. The quantitative estimate of drug-likeness (QED) is 0.341. The van der Waals surface area contributed by atoms with Gasteiger partial charge in [-0.05, 0) is 24.1 Å². The van der Waals surface area contributed by atoms with Crippen LogP contribution in [0.1, 0.15) is 18.9 Å². The normalized spacial score (nSPS) is 26.5. The molecule has 3 rings (SSSR count). The summed E-state index contributed by atoms with van der Waals surface area (Å²) in [6.07, 6.45) is -0.620. The van der Waals surface area contributed by atoms with Gasteiger partial charge in [-0.15, -0.1) is 0 Å². The minimum Gasteiger partial charge on any atom is -0.445 e. The summed E-state index contributed by atoms with van der Waals surface area (Å²) in [6, 6.07) is 5.47. The van der Waals surface area contributed by atoms with E-state index in [0.29, 0.717) is 30.5 Å². The van der Waals surface area contributed by atoms with Crippen molar-refractivity contribution in [2.45, 2.75) is 43.6 Å². The Labute approximate surface area is 180 Å². The number of carbonyl (C=O) groups is 2. The Morgan fingerprint density at radius 1 is 1.38 bits per heavy atom. The fourth-order valence-electron chi connectivity index (χ4n) is 3.31. The number of ether oxygens (including phenoxy) is 3. The Morgan fingerprint density at radius 3 is 2.69 bits per heavy atom. The number of hydrogen-bond donors (Lipinski definition) is 0. The van der Waals surface area contributed by atoms with Gasteiger partial charge in [-0.1, -0.05) is 27.7 Å². The number of hydrogen-bond acceptors (Lipinski definition) is 8. The van der Waals surface area contributed by atoms with E-state index in [-0.39, 0.29) is 34.8 Å². The van der Waals surface area contributed by atoms with Crippen LogP contribution in [0.15, 0.2) is 24.3 Å². The van der Waals surface area contributed by atoms with Crippen molar-refractivity contribution in [3.63, 3.8) is 0 Å². The SMILES string of the molecule is CC(=O)S[C@H]1C[C@@H](C2OCC(CBr)O2)N(C(=O)OCc2ccc([N+](=O)[O-])cc2)C1. The number of amides is 1. The molecule has 0 aliphatic carbocycles. The van der Waals surface area contributed by atoms with Crippen LogP contribution in [0.5, 0.6) is 0 Å². The maximum Gasteiger partial charge on any atom is 0.410 e. The second kappa shape index (κ2) is 9.88. The molecule has 0 saturated carbocycles. The highest BCUT2D eigenvalue weighted by atomic mass is 79.9. The molecule has 29 heavy (non-hydrogen) atoms. The molecule has 2 aliphatic rings. The van der Waals surface area contributed by atoms with Crippen molar-refractivity contribution in [2.75, 3.05) is 18.5 Å². The molecule has 2 heterocycles. The third-order valence-electron chi connectivity index (χ3n) is 4.64. The third kappa shape index (κ3) is 5.68. The van der Waals surface area contributed by atoms with Gasteiger partial charge in [0.05, 0.1) is 23.7 Å². The molecule has 0 bridgehead atoms. The average molecular weight is 489 g/mol. The first kappa shape index (κ1) is 22.0. The maximum absolute atomic E-state index is 12.7. The van der Waals surface area contributed by atoms with Gasteiger partial charge in [-0.3, -0.25) is 19.8 Å². The maximum atomic E-state index is 12.7. The lowest BCUT2D eigenvalue weighted by Crippen LogP contribution is -2.43. The summed E-state index contributed by atoms with van der Waals surface area (Å²) in [7, 11) is 0. The topological polar surface area (TPSA) is 108 Å². The number of alkyl halides is 1. The Balaban J connectivity index is 1.63. The first-order chi connectivity index (χ1) is 13.9. The predicted molar refractivity (Wildman–Crippen MR) is 109 cm³/mol. The molecule has 11 heteroatoms. The van der Waals surface area contributed by atoms with Crippen molar-refractivity contribution in [2.24, 2.45) is 0 Å². The van der Waals surface area contributed by atoms with Gasteiger partial charge in [0.2, 0.25) is 0 Å². The zero-order valence-corrected chi connectivity index (χ0v) is 18.1. The standard InChI is InChI=1S/C18H21BrN2O7S/c1-11(22)29-15-6-16(17-26-10-14(7-19)28-17)20(8-15)18(23)27-9-12-2-4-13(5-3-12)21(24)25/h2-5,14-17H,6-10H2,1H3/t14?,15-,16-,17?/m0/s1. The summed E-state index contributed by atoms with van der Waals surface area (Å²) in [6.45, 7) is 2.28. The Morgan fingerprint density at radius 2 is 2.10 bits per heavy atom. The molecule has 1 amide bonds. The van der Waals surface area contributed by atoms with Gasteiger partial charge in [0.25, 0.3) is 5.69 Å². The zero-order chi connectivity index (χ0) is 21.0. The van der Waals surface area contributed by atoms with Gasteiger partial charge in [-0.2, -0.15) is 0 Å². The van der Waals surface area contributed by atoms with Crippen molar-refractivity contribution >= 4 is 44.6 Å². The van der Waals surface area contributed by atoms with Gasteiger partial charge in [0.1, 0.15) is 6.61 Å². The molecule has 0 spiro atoms. The molecule has 1 aromatic carbocycles. The number of nitro benzene ring substituents is 1. The second-order valence-electron chi connectivity index (χ2n) is 6.78. The van der Waals surface area contributed by atoms with Crippen LogP contribution >= 0.6 is 27.7 Å². The van der Waals surface area contributed by atoms with Crippen molar-refractivity contribution in [1.82, 2.24) is 4.90 Å². The molecule has 1 aromatic rings. The third-order valence-corrected chi connectivity index (χ3v) is 6.37. The summed E-state index contributed by atoms with van der Waals surface area (Å²) in [5, 5.41) is 11.3. The number of non-ortho nitro benzene ring substituents is 1. The Bertz CT molecular complexity index is 763. The lowest BCUT2D eigenvalue weighted by molar-refractivity contribution is -0.384. The summed E-state index contributed by atoms with van der Waals surface area (Å²) >= 11 is 4.56. The van der Waals surface area contributed by atoms with Crippen molar-refractivity contribution in [3.8, 4) is 0 Å². The van der Waals surface area contributed by atoms with Crippen LogP contribution < -0.4 is 0 Å². The first-order valence-corrected chi connectivity index (χ1v) is 11.0. The molecule has 9 nitrogen and oxygen atoms in total. The second-order valence-corrected chi connectivity index (χ2v) is 8.90. The number of nitro groups is 1. The molecule has 158 valence electrons. The van der Waals surface area contributed by atoms with Crippen molar-refractivity contribution in [1.29, 1.82) is 0 Å². The molecule has 0 aromatic heterocycles. The van der Waals surface area contributed by atoms with E-state index in [1.165, 1.54) is 30.8 Å². The van der Waals surface area contributed by atoms with E-state index in [0.717, 1.165) is 0 Å². The molecule has 2 unspecified atom stereocenters. The van der Waals surface area contributed by atoms with Gasteiger partial charge in [-0.25, -0.2) is 4.79 Å². The smallest absolute Gasteiger partial charge is 0.410 e. The van der Waals surface area contributed by atoms with Gasteiger partial charge < -0.3 is 14.2 Å². The number of benzene rings is 1. The molecular weight excluding hydrogens is 468 g/mol. The van der Waals surface area contributed by atoms with Crippen LogP contribution in [0.3, 0.4) is 0 Å². The minimum absolute atomic E-state index is 0.0126. The zero-order valence-electron chi connectivity index (χ0n) is 15.7. The van der Waals surface area contributed by atoms with E-state index < -0.39 is 17.3 Å². The Kier molecular flexibility index (Phi) is 7.49. The lowest BCUT2D eigenvalue weighted by Gasteiger charge is -2.27. The van der Waals surface area contributed by atoms with E-state index in [2.05, 4.69) is 15.9 Å². The van der Waals surface area contributed by atoms with Gasteiger partial charge in [0.15, 0.2) is 11.4 Å². The molecule has 2 saturated heterocycles. The van der Waals surface area contributed by atoms with Crippen LogP contribution in [0, 0.1) is 10.1 Å². The molecule has 0 N–H and O–H groups in total. The van der Waals surface area contributed by atoms with Crippen LogP contribution in [0.25, 0.3) is 0 Å². The number of halogens is 1. The highest BCUT2D eigenvalue weighted by Crippen LogP contribution is 2.34. The van der Waals surface area contributed by atoms with Gasteiger partial charge >= 0.3 is 6.09 Å². The number of thioether (sulfide) groups is 1. The minimum atomic E-state index is -0.568. The first-order valence-electron chi connectivity index (χ1n) is 9.04. The highest BCUT2D eigenvalue weighted by Gasteiger charge is 2.45. The summed E-state index contributed by atoms with van der Waals surface area (Å²) in [5.74, 6) is 0. The van der Waals surface area contributed by atoms with E-state index in [9.17, 15) is 19.7 Å². The summed E-state index contributed by atoms with van der Waals surface area (Å²) in [4.78, 5) is 36.0. The lowest BCUT2D eigenvalue weighted by atomic mass is 10.2. The fourth-order valence-corrected chi connectivity index (χ4v) is 4.65. The van der Waals surface area contributed by atoms with Crippen molar-refractivity contribution in [3.05, 3.63) is 39.9 Å². The van der Waals surface area contributed by atoms with E-state index >= 15 is 0 Å². The fraction of sp³-hybridized carbons (Fsp3) is 0.556. The summed E-state index contributed by atoms with van der Waals surface area (Å²) < 4.78 is 17.0. The van der Waals surface area contributed by atoms with E-state index in [4.69, 9.17) is 14.2 Å². The summed E-state index contributed by atoms with van der Waals surface area (Å²) in [5.41, 5.74) is 0.614. The van der Waals surface area contributed by atoms with E-state index in [1.54, 1.807) is 17.0 Å². The highest BCUT2D eigenvalue weighted by molar-refractivity contribution is 9.09. The van der Waals surface area contributed by atoms with Gasteiger partial charge in [0, 0.05) is 36.2 Å². The number of rotatable bonds is 6. The molecule has 4 atom stereocenters. The van der Waals surface area contributed by atoms with Crippen LogP contribution in [-0.4, -0.2) is 63.2 Å². The average Bonchev–Trinajstić information content (AvgIpc) is 3.32. The number of carbonyl (C=O) groups excluding carboxylic acids is 2. The van der Waals surface area contributed by atoms with Crippen molar-refractivity contribution < 1.29 is 28.7 Å². The van der Waals surface area contributed by atoms with Crippen LogP contribution in [0.2, 0.25) is 0 Å². The molecular formula is C18H21BrN2O7S. The monoisotopic (exact) mass is 488 g/mol. The molecule has 0 radical (unpaired) electrons. The van der Waals surface area contributed by atoms with E-state index in [1.807, 2.05) is 0 Å². The van der Waals surface area contributed by atoms with Crippen LogP contribution in [0.4, 0.5) is 10.5 Å². The predicted octanol–water partition coefficient (Wildman–Crippen LogP) is 3.09. The Hall–Kier alpha value is -1.69. The molecule has 2 aliphatic heterocycles. The number of likely N-dealkylation sites (tertiary alicyclic amines) is 1. The van der Waals surface area contributed by atoms with Crippen LogP contribution in [-0.2, 0) is 25.6 Å².